The fourth-order valence-electron chi connectivity index (χ4n) is 2.94. The van der Waals surface area contributed by atoms with Crippen LogP contribution in [0.1, 0.15) is 15.9 Å². The second-order valence-electron chi connectivity index (χ2n) is 5.13. The Bertz CT molecular complexity index is 861. The van der Waals surface area contributed by atoms with E-state index in [2.05, 4.69) is 5.32 Å². The maximum atomic E-state index is 13.3. The van der Waals surface area contributed by atoms with Crippen LogP contribution < -0.4 is 15.3 Å². The van der Waals surface area contributed by atoms with E-state index in [1.165, 1.54) is 18.2 Å². The van der Waals surface area contributed by atoms with Gasteiger partial charge in [-0.05, 0) is 23.8 Å². The number of nitrogens with zero attached hydrogens (tertiary/aromatic N) is 1. The lowest BCUT2D eigenvalue weighted by Gasteiger charge is -2.42. The van der Waals surface area contributed by atoms with Gasteiger partial charge in [-0.3, -0.25) is 14.4 Å². The summed E-state index contributed by atoms with van der Waals surface area (Å²) in [5, 5.41) is 15.8. The number of para-hydroxylation sites is 2. The van der Waals surface area contributed by atoms with E-state index in [1.54, 1.807) is 30.3 Å². The highest BCUT2D eigenvalue weighted by Crippen LogP contribution is 2.42. The predicted octanol–water partition coefficient (Wildman–Crippen LogP) is 0.381. The number of nitrogens with one attached hydrogen (secondary N) is 1. The standard InChI is InChI=1S/C16H9N2O4/c19-13-9-5-1-4-8-12(9)18(14(13)20)16(22)10-6-2-3-7-11(10)17-15(16)21/h1-8H,(H,17,21)/q-1. The van der Waals surface area contributed by atoms with Gasteiger partial charge >= 0.3 is 0 Å². The molecule has 2 amide bonds. The summed E-state index contributed by atoms with van der Waals surface area (Å²) in [5.41, 5.74) is -1.68. The molecule has 0 radical (unpaired) electrons. The van der Waals surface area contributed by atoms with Crippen LogP contribution in [0.25, 0.3) is 0 Å². The lowest BCUT2D eigenvalue weighted by Crippen LogP contribution is -2.62. The first kappa shape index (κ1) is 12.7. The molecule has 0 saturated heterocycles. The van der Waals surface area contributed by atoms with Crippen molar-refractivity contribution in [2.75, 3.05) is 10.2 Å². The number of carbonyl (C=O) groups is 3. The van der Waals surface area contributed by atoms with E-state index < -0.39 is 23.3 Å². The van der Waals surface area contributed by atoms with Crippen LogP contribution in [0.15, 0.2) is 48.5 Å². The first-order valence-corrected chi connectivity index (χ1v) is 6.64. The molecule has 2 aliphatic heterocycles. The van der Waals surface area contributed by atoms with Crippen molar-refractivity contribution in [1.29, 1.82) is 0 Å². The largest absolute Gasteiger partial charge is 0.822 e. The van der Waals surface area contributed by atoms with Crippen molar-refractivity contribution in [3.8, 4) is 0 Å². The smallest absolute Gasteiger partial charge is 0.299 e. The molecule has 2 aliphatic rings. The molecule has 0 aromatic heterocycles. The number of Topliss-reactive ketones (excluding diaryl/α,β-unsaturated/α-hetero) is 1. The number of carbonyl (C=O) groups excluding carboxylic acids is 3. The van der Waals surface area contributed by atoms with Crippen molar-refractivity contribution in [2.24, 2.45) is 0 Å². The fourth-order valence-corrected chi connectivity index (χ4v) is 2.94. The molecule has 2 aromatic carbocycles. The van der Waals surface area contributed by atoms with Gasteiger partial charge in [-0.2, -0.15) is 0 Å². The van der Waals surface area contributed by atoms with Gasteiger partial charge in [0.05, 0.1) is 17.0 Å². The number of ketones is 1. The van der Waals surface area contributed by atoms with Gasteiger partial charge < -0.3 is 15.3 Å². The third kappa shape index (κ3) is 1.34. The molecular weight excluding hydrogens is 284 g/mol. The molecule has 6 nitrogen and oxygen atoms in total. The summed E-state index contributed by atoms with van der Waals surface area (Å²) in [4.78, 5) is 37.4. The van der Waals surface area contributed by atoms with Gasteiger partial charge in [-0.1, -0.05) is 30.3 Å². The highest BCUT2D eigenvalue weighted by atomic mass is 16.3. The average molecular weight is 293 g/mol. The summed E-state index contributed by atoms with van der Waals surface area (Å²) in [6.45, 7) is 0. The SMILES string of the molecule is O=C1C(=O)N(C2([O-])C(=O)Nc3ccccc32)c2ccccc21. The molecule has 2 heterocycles. The summed E-state index contributed by atoms with van der Waals surface area (Å²) in [5.74, 6) is -2.63. The summed E-state index contributed by atoms with van der Waals surface area (Å²) in [7, 11) is 0. The van der Waals surface area contributed by atoms with E-state index in [1.807, 2.05) is 0 Å². The van der Waals surface area contributed by atoms with Crippen LogP contribution in [0.2, 0.25) is 0 Å². The summed E-state index contributed by atoms with van der Waals surface area (Å²) < 4.78 is 0. The zero-order valence-electron chi connectivity index (χ0n) is 11.2. The molecule has 6 heteroatoms. The van der Waals surface area contributed by atoms with Crippen LogP contribution in [0.3, 0.4) is 0 Å². The molecule has 22 heavy (non-hydrogen) atoms. The molecule has 0 spiro atoms. The molecular formula is C16H9N2O4-. The van der Waals surface area contributed by atoms with E-state index >= 15 is 0 Å². The minimum absolute atomic E-state index is 0.137. The minimum atomic E-state index is -2.48. The van der Waals surface area contributed by atoms with Crippen LogP contribution in [0, 0.1) is 0 Å². The molecule has 0 fully saturated rings. The van der Waals surface area contributed by atoms with Crippen molar-refractivity contribution in [1.82, 2.24) is 0 Å². The van der Waals surface area contributed by atoms with E-state index in [-0.39, 0.29) is 16.8 Å². The van der Waals surface area contributed by atoms with E-state index in [4.69, 9.17) is 0 Å². The molecule has 108 valence electrons. The number of amides is 2. The van der Waals surface area contributed by atoms with Crippen LogP contribution in [-0.2, 0) is 15.3 Å². The van der Waals surface area contributed by atoms with Crippen molar-refractivity contribution in [2.45, 2.75) is 5.72 Å². The first-order chi connectivity index (χ1) is 10.5. The maximum absolute atomic E-state index is 13.3. The number of rotatable bonds is 1. The zero-order valence-corrected chi connectivity index (χ0v) is 11.2. The minimum Gasteiger partial charge on any atom is -0.822 e. The lowest BCUT2D eigenvalue weighted by atomic mass is 10.0. The molecule has 1 atom stereocenters. The Labute approximate surface area is 125 Å². The third-order valence-electron chi connectivity index (χ3n) is 3.95. The summed E-state index contributed by atoms with van der Waals surface area (Å²) >= 11 is 0. The third-order valence-corrected chi connectivity index (χ3v) is 3.95. The molecule has 0 bridgehead atoms. The maximum Gasteiger partial charge on any atom is 0.299 e. The number of hydrogen-bond acceptors (Lipinski definition) is 4. The van der Waals surface area contributed by atoms with Gasteiger partial charge in [0.25, 0.3) is 11.7 Å². The van der Waals surface area contributed by atoms with Crippen molar-refractivity contribution in [3.05, 3.63) is 59.7 Å². The quantitative estimate of drug-likeness (QED) is 0.770. The number of hydrogen-bond donors (Lipinski definition) is 1. The molecule has 0 saturated carbocycles. The Kier molecular flexibility index (Phi) is 2.32. The molecule has 0 aliphatic carbocycles. The summed E-state index contributed by atoms with van der Waals surface area (Å²) in [6, 6.07) is 12.5. The Hall–Kier alpha value is -2.99. The van der Waals surface area contributed by atoms with Crippen LogP contribution >= 0.6 is 0 Å². The van der Waals surface area contributed by atoms with E-state index in [0.29, 0.717) is 5.69 Å². The Morgan fingerprint density at radius 2 is 1.64 bits per heavy atom. The Morgan fingerprint density at radius 1 is 0.955 bits per heavy atom. The van der Waals surface area contributed by atoms with Gasteiger partial charge in [-0.15, -0.1) is 0 Å². The van der Waals surface area contributed by atoms with Gasteiger partial charge in [0.1, 0.15) is 0 Å². The number of anilines is 2. The number of fused-ring (bicyclic) bond motifs is 2. The highest BCUT2D eigenvalue weighted by Gasteiger charge is 2.50. The van der Waals surface area contributed by atoms with Crippen molar-refractivity contribution in [3.63, 3.8) is 0 Å². The predicted molar refractivity (Wildman–Crippen MR) is 75.0 cm³/mol. The average Bonchev–Trinajstić information content (AvgIpc) is 2.94. The van der Waals surface area contributed by atoms with Crippen LogP contribution in [0.4, 0.5) is 11.4 Å². The van der Waals surface area contributed by atoms with Gasteiger partial charge in [0.15, 0.2) is 0 Å². The Morgan fingerprint density at radius 3 is 2.45 bits per heavy atom. The number of benzene rings is 2. The first-order valence-electron chi connectivity index (χ1n) is 6.64. The Balaban J connectivity index is 1.98. The zero-order chi connectivity index (χ0) is 15.5. The fraction of sp³-hybridized carbons (Fsp3) is 0.0625. The molecule has 2 aromatic rings. The second kappa shape index (κ2) is 4.02. The normalized spacial score (nSPS) is 22.6. The van der Waals surface area contributed by atoms with Crippen molar-refractivity contribution < 1.29 is 19.5 Å². The van der Waals surface area contributed by atoms with Crippen molar-refractivity contribution >= 4 is 29.0 Å². The lowest BCUT2D eigenvalue weighted by molar-refractivity contribution is -0.461. The van der Waals surface area contributed by atoms with Gasteiger partial charge in [-0.25, -0.2) is 0 Å². The molecule has 4 rings (SSSR count). The van der Waals surface area contributed by atoms with Gasteiger partial charge in [0.2, 0.25) is 5.91 Å². The van der Waals surface area contributed by atoms with Gasteiger partial charge in [0, 0.05) is 5.69 Å². The van der Waals surface area contributed by atoms with Crippen LogP contribution in [-0.4, -0.2) is 17.6 Å². The second-order valence-corrected chi connectivity index (χ2v) is 5.13. The van der Waals surface area contributed by atoms with E-state index in [9.17, 15) is 19.5 Å². The monoisotopic (exact) mass is 293 g/mol. The topological polar surface area (TPSA) is 89.5 Å². The summed E-state index contributed by atoms with van der Waals surface area (Å²) in [6.07, 6.45) is 0. The highest BCUT2D eigenvalue weighted by molar-refractivity contribution is 6.53. The van der Waals surface area contributed by atoms with E-state index in [0.717, 1.165) is 4.90 Å². The van der Waals surface area contributed by atoms with Crippen LogP contribution in [0.5, 0.6) is 0 Å². The molecule has 1 unspecified atom stereocenters. The molecule has 1 N–H and O–H groups in total.